The van der Waals surface area contributed by atoms with Gasteiger partial charge in [-0.1, -0.05) is 30.9 Å². The van der Waals surface area contributed by atoms with E-state index in [0.29, 0.717) is 22.1 Å². The number of benzene rings is 1. The molecule has 5 nitrogen and oxygen atoms in total. The van der Waals surface area contributed by atoms with Crippen molar-refractivity contribution in [2.75, 3.05) is 18.0 Å². The van der Waals surface area contributed by atoms with Gasteiger partial charge in [-0.3, -0.25) is 9.59 Å². The van der Waals surface area contributed by atoms with Crippen molar-refractivity contribution in [3.05, 3.63) is 61.5 Å². The molecule has 0 bridgehead atoms. The highest BCUT2D eigenvalue weighted by molar-refractivity contribution is 6.31. The number of halogens is 1. The van der Waals surface area contributed by atoms with Gasteiger partial charge in [0.05, 0.1) is 0 Å². The maximum absolute atomic E-state index is 13.0. The number of hydrogen-bond donors (Lipinski definition) is 2. The van der Waals surface area contributed by atoms with Crippen molar-refractivity contribution in [3.63, 3.8) is 0 Å². The van der Waals surface area contributed by atoms with Crippen molar-refractivity contribution < 1.29 is 4.79 Å². The first-order valence-electron chi connectivity index (χ1n) is 11.3. The number of rotatable bonds is 7. The molecule has 1 aromatic heterocycles. The zero-order valence-corrected chi connectivity index (χ0v) is 19.9. The Hall–Kier alpha value is -2.27. The summed E-state index contributed by atoms with van der Waals surface area (Å²) in [7, 11) is 0. The third kappa shape index (κ3) is 5.70. The van der Waals surface area contributed by atoms with Gasteiger partial charge in [0.25, 0.3) is 11.5 Å². The SMILES string of the molecule is CCN(CC1CCCCC1)c1cc(Cl)cc(C(=O)NCc2c(C)cc(C)[nH]c2=O)c1C. The monoisotopic (exact) mass is 443 g/mol. The topological polar surface area (TPSA) is 65.2 Å². The van der Waals surface area contributed by atoms with Crippen LogP contribution >= 0.6 is 11.6 Å². The van der Waals surface area contributed by atoms with Gasteiger partial charge in [0.1, 0.15) is 0 Å². The van der Waals surface area contributed by atoms with Crippen molar-refractivity contribution in [2.24, 2.45) is 5.92 Å². The number of nitrogens with zero attached hydrogens (tertiary/aromatic N) is 1. The average Bonchev–Trinajstić information content (AvgIpc) is 2.73. The predicted molar refractivity (Wildman–Crippen MR) is 128 cm³/mol. The fourth-order valence-corrected chi connectivity index (χ4v) is 4.89. The molecule has 0 unspecified atom stereocenters. The normalized spacial score (nSPS) is 14.5. The number of pyridine rings is 1. The summed E-state index contributed by atoms with van der Waals surface area (Å²) >= 11 is 6.43. The fraction of sp³-hybridized carbons (Fsp3) is 0.520. The number of aromatic nitrogens is 1. The molecule has 0 atom stereocenters. The Balaban J connectivity index is 1.80. The molecule has 1 amide bonds. The van der Waals surface area contributed by atoms with E-state index in [1.807, 2.05) is 32.9 Å². The van der Waals surface area contributed by atoms with Crippen LogP contribution in [0.5, 0.6) is 0 Å². The first-order chi connectivity index (χ1) is 14.8. The zero-order chi connectivity index (χ0) is 22.5. The number of carbonyl (C=O) groups excluding carboxylic acids is 1. The molecule has 1 aliphatic rings. The molecule has 0 saturated heterocycles. The molecule has 1 saturated carbocycles. The van der Waals surface area contributed by atoms with Gasteiger partial charge in [-0.05, 0) is 75.8 Å². The molecule has 1 aromatic carbocycles. The van der Waals surface area contributed by atoms with E-state index in [9.17, 15) is 9.59 Å². The van der Waals surface area contributed by atoms with Crippen LogP contribution in [0.1, 0.15) is 71.8 Å². The summed E-state index contributed by atoms with van der Waals surface area (Å²) in [6.07, 6.45) is 6.50. The molecular weight excluding hydrogens is 410 g/mol. The lowest BCUT2D eigenvalue weighted by atomic mass is 9.88. The Bertz CT molecular complexity index is 993. The van der Waals surface area contributed by atoms with Crippen LogP contribution < -0.4 is 15.8 Å². The van der Waals surface area contributed by atoms with E-state index < -0.39 is 0 Å². The molecule has 1 heterocycles. The molecule has 168 valence electrons. The molecule has 2 N–H and O–H groups in total. The quantitative estimate of drug-likeness (QED) is 0.611. The van der Waals surface area contributed by atoms with Gasteiger partial charge in [-0.2, -0.15) is 0 Å². The van der Waals surface area contributed by atoms with Gasteiger partial charge >= 0.3 is 0 Å². The molecular formula is C25H34ClN3O2. The minimum Gasteiger partial charge on any atom is -0.371 e. The zero-order valence-electron chi connectivity index (χ0n) is 19.1. The number of nitrogens with one attached hydrogen (secondary N) is 2. The maximum Gasteiger partial charge on any atom is 0.253 e. The van der Waals surface area contributed by atoms with Gasteiger partial charge in [0, 0.05) is 47.2 Å². The molecule has 1 aliphatic carbocycles. The number of anilines is 1. The summed E-state index contributed by atoms with van der Waals surface area (Å²) < 4.78 is 0. The van der Waals surface area contributed by atoms with Gasteiger partial charge in [0.2, 0.25) is 0 Å². The molecule has 6 heteroatoms. The number of hydrogen-bond acceptors (Lipinski definition) is 3. The smallest absolute Gasteiger partial charge is 0.253 e. The summed E-state index contributed by atoms with van der Waals surface area (Å²) in [6.45, 7) is 9.91. The van der Waals surface area contributed by atoms with Crippen LogP contribution in [-0.4, -0.2) is 24.0 Å². The minimum absolute atomic E-state index is 0.161. The molecule has 31 heavy (non-hydrogen) atoms. The Kier molecular flexibility index (Phi) is 7.82. The van der Waals surface area contributed by atoms with Crippen LogP contribution in [0.3, 0.4) is 0 Å². The molecule has 0 radical (unpaired) electrons. The number of aryl methyl sites for hydroxylation is 2. The van der Waals surface area contributed by atoms with Gasteiger partial charge in [-0.25, -0.2) is 0 Å². The van der Waals surface area contributed by atoms with Crippen molar-refractivity contribution >= 4 is 23.2 Å². The lowest BCUT2D eigenvalue weighted by Crippen LogP contribution is -2.32. The van der Waals surface area contributed by atoms with Crippen LogP contribution in [0.2, 0.25) is 5.02 Å². The largest absolute Gasteiger partial charge is 0.371 e. The Labute approximate surface area is 190 Å². The van der Waals surface area contributed by atoms with Crippen molar-refractivity contribution in [1.82, 2.24) is 10.3 Å². The summed E-state index contributed by atoms with van der Waals surface area (Å²) in [6, 6.07) is 5.60. The second kappa shape index (κ2) is 10.4. The second-order valence-electron chi connectivity index (χ2n) is 8.77. The van der Waals surface area contributed by atoms with Crippen LogP contribution in [0.15, 0.2) is 23.0 Å². The van der Waals surface area contributed by atoms with Crippen molar-refractivity contribution in [2.45, 2.75) is 66.3 Å². The van der Waals surface area contributed by atoms with Crippen molar-refractivity contribution in [1.29, 1.82) is 0 Å². The number of aromatic amines is 1. The first kappa shape index (κ1) is 23.4. The second-order valence-corrected chi connectivity index (χ2v) is 9.20. The van der Waals surface area contributed by atoms with E-state index in [4.69, 9.17) is 11.6 Å². The molecule has 2 aromatic rings. The summed E-state index contributed by atoms with van der Waals surface area (Å²) in [5, 5.41) is 3.47. The maximum atomic E-state index is 13.0. The van der Waals surface area contributed by atoms with Gasteiger partial charge in [-0.15, -0.1) is 0 Å². The van der Waals surface area contributed by atoms with E-state index in [1.165, 1.54) is 32.1 Å². The Morgan fingerprint density at radius 2 is 1.87 bits per heavy atom. The Morgan fingerprint density at radius 1 is 1.16 bits per heavy atom. The fourth-order valence-electron chi connectivity index (χ4n) is 4.67. The molecule has 1 fully saturated rings. The van der Waals surface area contributed by atoms with E-state index in [2.05, 4.69) is 22.1 Å². The third-order valence-corrected chi connectivity index (χ3v) is 6.65. The number of H-pyrrole nitrogens is 1. The van der Waals surface area contributed by atoms with E-state index in [0.717, 1.165) is 35.6 Å². The number of carbonyl (C=O) groups is 1. The highest BCUT2D eigenvalue weighted by atomic mass is 35.5. The molecule has 3 rings (SSSR count). The minimum atomic E-state index is -0.214. The standard InChI is InChI=1S/C25H34ClN3O2/c1-5-29(15-19-9-7-6-8-10-19)23-13-20(26)12-21(18(23)4)24(30)27-14-22-16(2)11-17(3)28-25(22)31/h11-13,19H,5-10,14-15H2,1-4H3,(H,27,30)(H,28,31). The lowest BCUT2D eigenvalue weighted by Gasteiger charge is -2.32. The average molecular weight is 444 g/mol. The van der Waals surface area contributed by atoms with E-state index in [-0.39, 0.29) is 18.0 Å². The Morgan fingerprint density at radius 3 is 2.52 bits per heavy atom. The summed E-state index contributed by atoms with van der Waals surface area (Å²) in [5.74, 6) is 0.481. The highest BCUT2D eigenvalue weighted by Gasteiger charge is 2.21. The molecule has 0 aliphatic heterocycles. The lowest BCUT2D eigenvalue weighted by molar-refractivity contribution is 0.0950. The summed E-state index contributed by atoms with van der Waals surface area (Å²) in [5.41, 5.74) is 4.60. The predicted octanol–water partition coefficient (Wildman–Crippen LogP) is 5.29. The first-order valence-corrected chi connectivity index (χ1v) is 11.7. The van der Waals surface area contributed by atoms with Crippen LogP contribution in [0, 0.1) is 26.7 Å². The summed E-state index contributed by atoms with van der Waals surface area (Å²) in [4.78, 5) is 30.5. The van der Waals surface area contributed by atoms with E-state index in [1.54, 1.807) is 6.07 Å². The van der Waals surface area contributed by atoms with E-state index >= 15 is 0 Å². The van der Waals surface area contributed by atoms with Crippen LogP contribution in [0.4, 0.5) is 5.69 Å². The highest BCUT2D eigenvalue weighted by Crippen LogP contribution is 2.31. The van der Waals surface area contributed by atoms with Gasteiger partial charge in [0.15, 0.2) is 0 Å². The third-order valence-electron chi connectivity index (χ3n) is 6.43. The van der Waals surface area contributed by atoms with Crippen LogP contribution in [0.25, 0.3) is 0 Å². The number of amides is 1. The van der Waals surface area contributed by atoms with Gasteiger partial charge < -0.3 is 15.2 Å². The van der Waals surface area contributed by atoms with Crippen LogP contribution in [-0.2, 0) is 6.54 Å². The molecule has 0 spiro atoms. The van der Waals surface area contributed by atoms with Crippen molar-refractivity contribution in [3.8, 4) is 0 Å².